The molecule has 1 heterocycles. The van der Waals surface area contributed by atoms with Crippen molar-refractivity contribution >= 4 is 87.3 Å². The molecule has 0 radical (unpaired) electrons. The average Bonchev–Trinajstić information content (AvgIpc) is 3.27. The van der Waals surface area contributed by atoms with Gasteiger partial charge < -0.3 is 15.7 Å². The number of rotatable bonds is 9. The van der Waals surface area contributed by atoms with E-state index >= 15 is 0 Å². The Kier molecular flexibility index (Phi) is 10.4. The predicted molar refractivity (Wildman–Crippen MR) is 187 cm³/mol. The summed E-state index contributed by atoms with van der Waals surface area (Å²) in [6.07, 6.45) is 0. The van der Waals surface area contributed by atoms with Crippen molar-refractivity contribution in [2.24, 2.45) is 7.05 Å². The maximum absolute atomic E-state index is 13.8. The molecule has 0 fully saturated rings. The van der Waals surface area contributed by atoms with E-state index in [1.807, 2.05) is 48.5 Å². The van der Waals surface area contributed by atoms with Crippen molar-refractivity contribution in [1.29, 1.82) is 0 Å². The molecule has 9 nitrogen and oxygen atoms in total. The first-order valence-corrected chi connectivity index (χ1v) is 16.2. The van der Waals surface area contributed by atoms with Crippen LogP contribution in [0.5, 0.6) is 0 Å². The average molecular weight is 730 g/mol. The summed E-state index contributed by atoms with van der Waals surface area (Å²) in [4.78, 5) is 53.0. The number of aromatic nitrogens is 2. The number of thioether (sulfide) groups is 1. The van der Waals surface area contributed by atoms with Crippen molar-refractivity contribution in [1.82, 2.24) is 9.36 Å². The highest BCUT2D eigenvalue weighted by Crippen LogP contribution is 2.42. The quantitative estimate of drug-likeness (QED) is 0.0795. The number of amides is 2. The number of para-hydroxylation sites is 1. The number of halogens is 4. The molecule has 4 aromatic carbocycles. The van der Waals surface area contributed by atoms with Crippen LogP contribution in [0.15, 0.2) is 94.6 Å². The van der Waals surface area contributed by atoms with E-state index in [9.17, 15) is 24.3 Å². The fourth-order valence-corrected chi connectivity index (χ4v) is 6.84. The van der Waals surface area contributed by atoms with Crippen molar-refractivity contribution in [3.05, 3.63) is 138 Å². The number of carbonyl (C=O) groups excluding carboxylic acids is 2. The second-order valence-electron chi connectivity index (χ2n) is 10.1. The first-order valence-electron chi connectivity index (χ1n) is 13.8. The molecule has 5 rings (SSSR count). The summed E-state index contributed by atoms with van der Waals surface area (Å²) in [5.41, 5.74) is 1.02. The lowest BCUT2D eigenvalue weighted by Crippen LogP contribution is -2.25. The van der Waals surface area contributed by atoms with Crippen LogP contribution in [0.3, 0.4) is 0 Å². The summed E-state index contributed by atoms with van der Waals surface area (Å²) in [5, 5.41) is 13.1. The highest BCUT2D eigenvalue weighted by atomic mass is 35.5. The molecule has 1 aromatic heterocycles. The van der Waals surface area contributed by atoms with E-state index in [1.54, 1.807) is 55.1 Å². The molecular formula is C33H24Cl4N4O5S. The van der Waals surface area contributed by atoms with Gasteiger partial charge in [-0.05, 0) is 48.9 Å². The van der Waals surface area contributed by atoms with Gasteiger partial charge in [-0.1, -0.05) is 94.9 Å². The molecule has 0 spiro atoms. The SMILES string of the molecule is Cc1c(NC(=O)C(Sc2ccc(NC(=O)c3c(Cl)c(Cl)c(Cl)c(Cl)c3C(=O)O)cc2)c2ccccc2)c(=O)n(-c2ccccc2)n1C. The molecular weight excluding hydrogens is 706 g/mol. The van der Waals surface area contributed by atoms with Crippen LogP contribution >= 0.6 is 58.2 Å². The minimum atomic E-state index is -1.51. The molecule has 0 bridgehead atoms. The molecule has 3 N–H and O–H groups in total. The summed E-state index contributed by atoms with van der Waals surface area (Å²) in [5.74, 6) is -2.78. The number of benzene rings is 4. The van der Waals surface area contributed by atoms with Crippen LogP contribution in [0.2, 0.25) is 20.1 Å². The number of nitrogens with one attached hydrogen (secondary N) is 2. The largest absolute Gasteiger partial charge is 0.478 e. The van der Waals surface area contributed by atoms with Gasteiger partial charge in [-0.2, -0.15) is 0 Å². The summed E-state index contributed by atoms with van der Waals surface area (Å²) < 4.78 is 3.17. The summed E-state index contributed by atoms with van der Waals surface area (Å²) in [6.45, 7) is 1.76. The smallest absolute Gasteiger partial charge is 0.338 e. The zero-order valence-electron chi connectivity index (χ0n) is 24.6. The minimum absolute atomic E-state index is 0.169. The molecule has 0 aliphatic heterocycles. The van der Waals surface area contributed by atoms with Gasteiger partial charge in [-0.15, -0.1) is 11.8 Å². The van der Waals surface area contributed by atoms with Crippen LogP contribution < -0.4 is 16.2 Å². The van der Waals surface area contributed by atoms with Crippen molar-refractivity contribution < 1.29 is 19.5 Å². The Balaban J connectivity index is 1.40. The second-order valence-corrected chi connectivity index (χ2v) is 12.8. The zero-order chi connectivity index (χ0) is 34.0. The van der Waals surface area contributed by atoms with Crippen molar-refractivity contribution in [2.75, 3.05) is 10.6 Å². The van der Waals surface area contributed by atoms with Gasteiger partial charge in [-0.25, -0.2) is 9.48 Å². The lowest BCUT2D eigenvalue weighted by atomic mass is 10.1. The number of carboxylic acid groups (broad SMARTS) is 1. The molecule has 240 valence electrons. The molecule has 0 aliphatic carbocycles. The molecule has 5 aromatic rings. The topological polar surface area (TPSA) is 122 Å². The van der Waals surface area contributed by atoms with Crippen LogP contribution in [0.1, 0.15) is 37.2 Å². The van der Waals surface area contributed by atoms with E-state index in [4.69, 9.17) is 46.4 Å². The van der Waals surface area contributed by atoms with Gasteiger partial charge in [0.2, 0.25) is 5.91 Å². The first kappa shape index (κ1) is 34.2. The van der Waals surface area contributed by atoms with Gasteiger partial charge in [-0.3, -0.25) is 19.1 Å². The Labute approximate surface area is 293 Å². The molecule has 0 saturated heterocycles. The molecule has 0 saturated carbocycles. The van der Waals surface area contributed by atoms with Crippen LogP contribution in [0.25, 0.3) is 5.69 Å². The van der Waals surface area contributed by atoms with Gasteiger partial charge in [0.15, 0.2) is 0 Å². The Morgan fingerprint density at radius 1 is 0.766 bits per heavy atom. The summed E-state index contributed by atoms with van der Waals surface area (Å²) >= 11 is 25.6. The molecule has 47 heavy (non-hydrogen) atoms. The third-order valence-electron chi connectivity index (χ3n) is 7.22. The third kappa shape index (κ3) is 6.93. The number of hydrogen-bond donors (Lipinski definition) is 3. The molecule has 1 unspecified atom stereocenters. The number of hydrogen-bond acceptors (Lipinski definition) is 5. The van der Waals surface area contributed by atoms with E-state index in [0.29, 0.717) is 27.5 Å². The van der Waals surface area contributed by atoms with Gasteiger partial charge in [0.1, 0.15) is 10.9 Å². The van der Waals surface area contributed by atoms with Crippen LogP contribution in [-0.4, -0.2) is 32.3 Å². The highest BCUT2D eigenvalue weighted by molar-refractivity contribution is 8.00. The maximum atomic E-state index is 13.8. The highest BCUT2D eigenvalue weighted by Gasteiger charge is 2.29. The number of aromatic carboxylic acids is 1. The van der Waals surface area contributed by atoms with Crippen molar-refractivity contribution in [2.45, 2.75) is 17.1 Å². The van der Waals surface area contributed by atoms with Crippen LogP contribution in [0.4, 0.5) is 11.4 Å². The van der Waals surface area contributed by atoms with Crippen molar-refractivity contribution in [3.63, 3.8) is 0 Å². The minimum Gasteiger partial charge on any atom is -0.478 e. The van der Waals surface area contributed by atoms with Gasteiger partial charge in [0, 0.05) is 17.6 Å². The van der Waals surface area contributed by atoms with E-state index in [1.165, 1.54) is 16.4 Å². The van der Waals surface area contributed by atoms with Crippen molar-refractivity contribution in [3.8, 4) is 5.69 Å². The standard InChI is InChI=1S/C33H24Cl4N4O5S/c1-17-28(32(44)41(40(17)2)20-11-7-4-8-12-20)39-31(43)29(18-9-5-3-6-10-18)47-21-15-13-19(14-16-21)38-30(42)22-23(33(45)46)25(35)27(37)26(36)24(22)34/h3-16,29H,1-2H3,(H,38,42)(H,39,43)(H,45,46). The number of nitrogens with zero attached hydrogens (tertiary/aromatic N) is 2. The summed E-state index contributed by atoms with van der Waals surface area (Å²) in [7, 11) is 1.75. The normalized spacial score (nSPS) is 11.6. The summed E-state index contributed by atoms with van der Waals surface area (Å²) in [6, 6.07) is 24.7. The molecule has 2 amide bonds. The lowest BCUT2D eigenvalue weighted by molar-refractivity contribution is -0.115. The van der Waals surface area contributed by atoms with E-state index < -0.39 is 39.2 Å². The Morgan fingerprint density at radius 3 is 1.89 bits per heavy atom. The molecule has 0 aliphatic rings. The lowest BCUT2D eigenvalue weighted by Gasteiger charge is -2.17. The molecule has 1 atom stereocenters. The van der Waals surface area contributed by atoms with Gasteiger partial charge >= 0.3 is 5.97 Å². The number of anilines is 2. The maximum Gasteiger partial charge on any atom is 0.338 e. The first-order chi connectivity index (χ1) is 22.4. The van der Waals surface area contributed by atoms with Gasteiger partial charge in [0.25, 0.3) is 11.5 Å². The van der Waals surface area contributed by atoms with E-state index in [0.717, 1.165) is 0 Å². The fraction of sp³-hybridized carbons (Fsp3) is 0.0909. The van der Waals surface area contributed by atoms with E-state index in [-0.39, 0.29) is 26.3 Å². The van der Waals surface area contributed by atoms with E-state index in [2.05, 4.69) is 10.6 Å². The Bertz CT molecular complexity index is 2070. The Hall–Kier alpha value is -4.19. The monoisotopic (exact) mass is 728 g/mol. The van der Waals surface area contributed by atoms with Crippen LogP contribution in [0, 0.1) is 6.92 Å². The number of carboxylic acids is 1. The zero-order valence-corrected chi connectivity index (χ0v) is 28.4. The van der Waals surface area contributed by atoms with Crippen LogP contribution in [-0.2, 0) is 11.8 Å². The van der Waals surface area contributed by atoms with Gasteiger partial charge in [0.05, 0.1) is 42.6 Å². The fourth-order valence-electron chi connectivity index (χ4n) is 4.79. The predicted octanol–water partition coefficient (Wildman–Crippen LogP) is 8.52. The Morgan fingerprint density at radius 2 is 1.32 bits per heavy atom. The molecule has 14 heteroatoms. The second kappa shape index (κ2) is 14.3. The number of carbonyl (C=O) groups is 3. The third-order valence-corrected chi connectivity index (χ3v) is 10.3.